The molecule has 2 aromatic rings. The monoisotopic (exact) mass is 326 g/mol. The average Bonchev–Trinajstić information content (AvgIpc) is 2.85. The summed E-state index contributed by atoms with van der Waals surface area (Å²) in [6, 6.07) is 9.43. The summed E-state index contributed by atoms with van der Waals surface area (Å²) in [6.45, 7) is 2.04. The van der Waals surface area contributed by atoms with E-state index in [1.54, 1.807) is 13.0 Å². The zero-order valence-electron chi connectivity index (χ0n) is 10.6. The number of halogens is 1. The van der Waals surface area contributed by atoms with Crippen molar-refractivity contribution in [2.24, 2.45) is 4.99 Å². The maximum absolute atomic E-state index is 11.9. The van der Waals surface area contributed by atoms with E-state index in [2.05, 4.69) is 9.37 Å². The largest absolute Gasteiger partial charge is 0.461 e. The quantitative estimate of drug-likeness (QED) is 0.492. The number of carbonyl (C=O) groups excluding carboxylic acids is 1. The Kier molecular flexibility index (Phi) is 5.46. The Hall–Kier alpha value is -1.50. The minimum absolute atomic E-state index is 0.205. The Labute approximate surface area is 128 Å². The molecule has 7 heteroatoms. The molecule has 1 heterocycles. The zero-order chi connectivity index (χ0) is 14.4. The van der Waals surface area contributed by atoms with Crippen LogP contribution in [0.5, 0.6) is 0 Å². The molecule has 0 saturated carbocycles. The third-order valence-corrected chi connectivity index (χ3v) is 4.39. The first-order valence-electron chi connectivity index (χ1n) is 5.81. The van der Waals surface area contributed by atoms with Crippen molar-refractivity contribution < 1.29 is 9.53 Å². The first-order valence-corrected chi connectivity index (χ1v) is 8.29. The molecule has 2 rings (SSSR count). The van der Waals surface area contributed by atoms with Crippen LogP contribution in [0.3, 0.4) is 0 Å². The van der Waals surface area contributed by atoms with Gasteiger partial charge in [-0.15, -0.1) is 0 Å². The first-order chi connectivity index (χ1) is 9.70. The fraction of sp³-hybridized carbons (Fsp3) is 0.154. The summed E-state index contributed by atoms with van der Waals surface area (Å²) in [6.07, 6.45) is 1.67. The van der Waals surface area contributed by atoms with E-state index < -0.39 is 5.97 Å². The number of carbonyl (C=O) groups is 1. The molecule has 0 fully saturated rings. The second kappa shape index (κ2) is 7.33. The van der Waals surface area contributed by atoms with Gasteiger partial charge in [0.15, 0.2) is 15.5 Å². The van der Waals surface area contributed by atoms with Gasteiger partial charge in [-0.2, -0.15) is 4.37 Å². The zero-order valence-corrected chi connectivity index (χ0v) is 13.0. The van der Waals surface area contributed by atoms with E-state index in [0.717, 1.165) is 5.56 Å². The highest BCUT2D eigenvalue weighted by atomic mass is 35.5. The van der Waals surface area contributed by atoms with Crippen LogP contribution in [-0.4, -0.2) is 16.9 Å². The molecule has 4 nitrogen and oxygen atoms in total. The third kappa shape index (κ3) is 4.00. The van der Waals surface area contributed by atoms with Crippen LogP contribution in [0, 0.1) is 0 Å². The number of benzene rings is 1. The lowest BCUT2D eigenvalue weighted by atomic mass is 10.2. The Bertz CT molecular complexity index is 677. The Balaban J connectivity index is 2.43. The molecule has 0 N–H and O–H groups in total. The molecule has 20 heavy (non-hydrogen) atoms. The highest BCUT2D eigenvalue weighted by Gasteiger charge is 2.10. The lowest BCUT2D eigenvalue weighted by Gasteiger charge is -2.01. The average molecular weight is 327 g/mol. The SMILES string of the molecule is CCOC(=O)/C(=C/c1ccccc1)N=c1ssnc1Cl. The second-order valence-electron chi connectivity index (χ2n) is 3.62. The van der Waals surface area contributed by atoms with Gasteiger partial charge in [0.1, 0.15) is 0 Å². The van der Waals surface area contributed by atoms with Crippen molar-refractivity contribution in [1.82, 2.24) is 4.37 Å². The number of esters is 1. The lowest BCUT2D eigenvalue weighted by Crippen LogP contribution is -2.09. The van der Waals surface area contributed by atoms with Gasteiger partial charge < -0.3 is 4.74 Å². The predicted octanol–water partition coefficient (Wildman–Crippen LogP) is 3.36. The summed E-state index contributed by atoms with van der Waals surface area (Å²) in [7, 11) is 2.53. The van der Waals surface area contributed by atoms with Gasteiger partial charge >= 0.3 is 5.97 Å². The Morgan fingerprint density at radius 1 is 1.45 bits per heavy atom. The highest BCUT2D eigenvalue weighted by molar-refractivity contribution is 7.66. The summed E-state index contributed by atoms with van der Waals surface area (Å²) >= 11 is 5.91. The van der Waals surface area contributed by atoms with Crippen molar-refractivity contribution in [2.45, 2.75) is 6.92 Å². The molecule has 0 radical (unpaired) electrons. The molecule has 1 aromatic carbocycles. The van der Waals surface area contributed by atoms with Gasteiger partial charge in [-0.3, -0.25) is 0 Å². The highest BCUT2D eigenvalue weighted by Crippen LogP contribution is 2.12. The molecule has 1 aromatic heterocycles. The van der Waals surface area contributed by atoms with E-state index in [9.17, 15) is 4.79 Å². The first kappa shape index (κ1) is 14.9. The van der Waals surface area contributed by atoms with Crippen molar-refractivity contribution in [1.29, 1.82) is 0 Å². The van der Waals surface area contributed by atoms with Gasteiger partial charge in [-0.05, 0) is 28.9 Å². The fourth-order valence-electron chi connectivity index (χ4n) is 1.38. The minimum atomic E-state index is -0.481. The predicted molar refractivity (Wildman–Crippen MR) is 81.6 cm³/mol. The van der Waals surface area contributed by atoms with E-state index in [-0.39, 0.29) is 5.70 Å². The van der Waals surface area contributed by atoms with E-state index in [1.807, 2.05) is 30.3 Å². The van der Waals surface area contributed by atoms with Crippen LogP contribution in [0.15, 0.2) is 41.0 Å². The Morgan fingerprint density at radius 2 is 2.20 bits per heavy atom. The normalized spacial score (nSPS) is 12.5. The molecule has 0 aliphatic rings. The summed E-state index contributed by atoms with van der Waals surface area (Å²) in [5, 5.41) is 0.295. The van der Waals surface area contributed by atoms with Crippen LogP contribution < -0.4 is 4.67 Å². The van der Waals surface area contributed by atoms with E-state index in [1.165, 1.54) is 20.9 Å². The van der Waals surface area contributed by atoms with Gasteiger partial charge in [0, 0.05) is 10.5 Å². The number of nitrogens with zero attached hydrogens (tertiary/aromatic N) is 2. The van der Waals surface area contributed by atoms with Crippen LogP contribution in [0.2, 0.25) is 5.15 Å². The summed E-state index contributed by atoms with van der Waals surface area (Å²) in [5.74, 6) is -0.481. The molecule has 0 aliphatic carbocycles. The van der Waals surface area contributed by atoms with Gasteiger partial charge in [0.05, 0.1) is 6.61 Å². The van der Waals surface area contributed by atoms with E-state index in [0.29, 0.717) is 16.4 Å². The number of hydrogen-bond acceptors (Lipinski definition) is 6. The molecule has 0 aliphatic heterocycles. The van der Waals surface area contributed by atoms with Crippen LogP contribution >= 0.6 is 32.5 Å². The van der Waals surface area contributed by atoms with Gasteiger partial charge in [0.25, 0.3) is 0 Å². The van der Waals surface area contributed by atoms with Crippen molar-refractivity contribution in [3.63, 3.8) is 0 Å². The fourth-order valence-corrected chi connectivity index (χ4v) is 3.37. The minimum Gasteiger partial charge on any atom is -0.461 e. The molecule has 0 amide bonds. The van der Waals surface area contributed by atoms with Crippen molar-refractivity contribution >= 4 is 44.5 Å². The topological polar surface area (TPSA) is 51.5 Å². The molecular formula is C13H11ClN2O2S2. The van der Waals surface area contributed by atoms with Gasteiger partial charge in [-0.25, -0.2) is 9.79 Å². The lowest BCUT2D eigenvalue weighted by molar-refractivity contribution is -0.138. The van der Waals surface area contributed by atoms with Crippen molar-refractivity contribution in [3.05, 3.63) is 51.4 Å². The Morgan fingerprint density at radius 3 is 2.80 bits per heavy atom. The van der Waals surface area contributed by atoms with Crippen LogP contribution in [-0.2, 0) is 9.53 Å². The standard InChI is InChI=1S/C13H11ClN2O2S2/c1-2-18-13(17)10(8-9-6-4-3-5-7-9)15-12-11(14)16-20-19-12/h3-8H,2H2,1H3/b10-8-,15-12?. The molecule has 0 unspecified atom stereocenters. The van der Waals surface area contributed by atoms with Gasteiger partial charge in [-0.1, -0.05) is 41.9 Å². The van der Waals surface area contributed by atoms with Crippen LogP contribution in [0.1, 0.15) is 12.5 Å². The van der Waals surface area contributed by atoms with Crippen molar-refractivity contribution in [2.75, 3.05) is 6.61 Å². The second-order valence-corrected chi connectivity index (χ2v) is 5.81. The molecule has 104 valence electrons. The molecule has 0 atom stereocenters. The van der Waals surface area contributed by atoms with Gasteiger partial charge in [0.2, 0.25) is 0 Å². The smallest absolute Gasteiger partial charge is 0.356 e. The van der Waals surface area contributed by atoms with Crippen LogP contribution in [0.25, 0.3) is 6.08 Å². The maximum atomic E-state index is 11.9. The maximum Gasteiger partial charge on any atom is 0.356 e. The molecule has 0 saturated heterocycles. The molecular weight excluding hydrogens is 316 g/mol. The summed E-state index contributed by atoms with van der Waals surface area (Å²) < 4.78 is 9.45. The number of rotatable bonds is 4. The number of ether oxygens (including phenoxy) is 1. The van der Waals surface area contributed by atoms with E-state index >= 15 is 0 Å². The summed E-state index contributed by atoms with van der Waals surface area (Å²) in [5.41, 5.74) is 1.07. The molecule has 0 bridgehead atoms. The number of hydrogen-bond donors (Lipinski definition) is 0. The van der Waals surface area contributed by atoms with Crippen molar-refractivity contribution in [3.8, 4) is 0 Å². The number of aromatic nitrogens is 1. The molecule has 0 spiro atoms. The summed E-state index contributed by atoms with van der Waals surface area (Å²) in [4.78, 5) is 16.2. The van der Waals surface area contributed by atoms with E-state index in [4.69, 9.17) is 16.3 Å². The van der Waals surface area contributed by atoms with Crippen LogP contribution in [0.4, 0.5) is 0 Å². The third-order valence-electron chi connectivity index (χ3n) is 2.22.